The molecule has 92 valence electrons. The first-order chi connectivity index (χ1) is 8.58. The minimum absolute atomic E-state index is 0.0123. The van der Waals surface area contributed by atoms with E-state index in [2.05, 4.69) is 0 Å². The molecule has 0 saturated heterocycles. The minimum Gasteiger partial charge on any atom is -0.343 e. The number of nitrogens with zero attached hydrogens (tertiary/aromatic N) is 1. The molecule has 1 fully saturated rings. The highest BCUT2D eigenvalue weighted by Crippen LogP contribution is 2.37. The number of pyridine rings is 1. The topological polar surface area (TPSA) is 39.1 Å². The molecule has 18 heavy (non-hydrogen) atoms. The first kappa shape index (κ1) is 11.8. The lowest BCUT2D eigenvalue weighted by Crippen LogP contribution is -2.16. The molecule has 0 atom stereocenters. The molecule has 1 aromatic heterocycles. The zero-order valence-corrected chi connectivity index (χ0v) is 10.8. The molecule has 1 saturated carbocycles. The van der Waals surface area contributed by atoms with Gasteiger partial charge in [0, 0.05) is 22.6 Å². The van der Waals surface area contributed by atoms with Crippen molar-refractivity contribution in [1.29, 1.82) is 0 Å². The van der Waals surface area contributed by atoms with Crippen LogP contribution in [0.5, 0.6) is 0 Å². The molecule has 0 amide bonds. The average molecular weight is 282 g/mol. The van der Waals surface area contributed by atoms with Crippen molar-refractivity contribution >= 4 is 39.3 Å². The molecule has 1 aromatic carbocycles. The Morgan fingerprint density at radius 3 is 2.67 bits per heavy atom. The summed E-state index contributed by atoms with van der Waals surface area (Å²) in [7, 11) is 0. The van der Waals surface area contributed by atoms with E-state index in [-0.39, 0.29) is 11.0 Å². The second kappa shape index (κ2) is 4.11. The largest absolute Gasteiger partial charge is 0.343 e. The summed E-state index contributed by atoms with van der Waals surface area (Å²) >= 11 is 11.4. The summed E-state index contributed by atoms with van der Waals surface area (Å²) in [6, 6.07) is 5.48. The van der Waals surface area contributed by atoms with Crippen molar-refractivity contribution in [3.8, 4) is 0 Å². The van der Waals surface area contributed by atoms with Crippen LogP contribution in [0.3, 0.4) is 0 Å². The van der Waals surface area contributed by atoms with Crippen LogP contribution < -0.4 is 5.43 Å². The number of hydrogen-bond acceptors (Lipinski definition) is 2. The van der Waals surface area contributed by atoms with E-state index in [0.29, 0.717) is 16.5 Å². The number of halogens is 2. The van der Waals surface area contributed by atoms with Crippen molar-refractivity contribution in [2.75, 3.05) is 0 Å². The quantitative estimate of drug-likeness (QED) is 0.792. The monoisotopic (exact) mass is 281 g/mol. The van der Waals surface area contributed by atoms with Gasteiger partial charge in [-0.15, -0.1) is 0 Å². The summed E-state index contributed by atoms with van der Waals surface area (Å²) in [5.41, 5.74) is 0.455. The van der Waals surface area contributed by atoms with E-state index in [1.807, 2.05) is 4.57 Å². The molecule has 1 heterocycles. The van der Waals surface area contributed by atoms with Crippen LogP contribution in [-0.4, -0.2) is 9.81 Å². The first-order valence-electron chi connectivity index (χ1n) is 5.62. The van der Waals surface area contributed by atoms with Gasteiger partial charge in [-0.3, -0.25) is 9.59 Å². The van der Waals surface area contributed by atoms with Gasteiger partial charge in [-0.25, -0.2) is 0 Å². The summed E-state index contributed by atoms with van der Waals surface area (Å²) in [6.45, 7) is 0. The van der Waals surface area contributed by atoms with Gasteiger partial charge in [0.1, 0.15) is 0 Å². The van der Waals surface area contributed by atoms with E-state index < -0.39 is 5.24 Å². The molecule has 0 spiro atoms. The molecular formula is C13H9Cl2NO2. The van der Waals surface area contributed by atoms with Crippen LogP contribution in [-0.2, 0) is 0 Å². The summed E-state index contributed by atoms with van der Waals surface area (Å²) in [6.07, 6.45) is 3.67. The molecule has 0 aliphatic heterocycles. The van der Waals surface area contributed by atoms with Gasteiger partial charge in [-0.05, 0) is 42.6 Å². The van der Waals surface area contributed by atoms with Crippen LogP contribution in [0.1, 0.15) is 29.2 Å². The first-order valence-corrected chi connectivity index (χ1v) is 6.38. The third-order valence-corrected chi connectivity index (χ3v) is 3.58. The van der Waals surface area contributed by atoms with Gasteiger partial charge in [-0.1, -0.05) is 11.6 Å². The fourth-order valence-corrected chi connectivity index (χ4v) is 2.43. The Hall–Kier alpha value is -1.32. The molecule has 0 N–H and O–H groups in total. The van der Waals surface area contributed by atoms with Crippen LogP contribution >= 0.6 is 23.2 Å². The zero-order valence-electron chi connectivity index (χ0n) is 9.32. The van der Waals surface area contributed by atoms with Crippen molar-refractivity contribution in [3.63, 3.8) is 0 Å². The fourth-order valence-electron chi connectivity index (χ4n) is 2.12. The highest BCUT2D eigenvalue weighted by molar-refractivity contribution is 6.67. The van der Waals surface area contributed by atoms with Gasteiger partial charge in [0.2, 0.25) is 5.43 Å². The van der Waals surface area contributed by atoms with E-state index in [0.717, 1.165) is 18.4 Å². The van der Waals surface area contributed by atoms with Gasteiger partial charge in [0.25, 0.3) is 5.24 Å². The van der Waals surface area contributed by atoms with Gasteiger partial charge in [0.15, 0.2) is 0 Å². The molecule has 0 bridgehead atoms. The van der Waals surface area contributed by atoms with Gasteiger partial charge < -0.3 is 4.57 Å². The smallest absolute Gasteiger partial charge is 0.257 e. The van der Waals surface area contributed by atoms with E-state index in [1.54, 1.807) is 24.4 Å². The third-order valence-electron chi connectivity index (χ3n) is 3.15. The zero-order chi connectivity index (χ0) is 12.9. The normalized spacial score (nSPS) is 15.0. The molecule has 2 aromatic rings. The van der Waals surface area contributed by atoms with Gasteiger partial charge >= 0.3 is 0 Å². The molecule has 0 radical (unpaired) electrons. The van der Waals surface area contributed by atoms with Crippen molar-refractivity contribution < 1.29 is 4.79 Å². The Kier molecular flexibility index (Phi) is 2.68. The molecule has 3 nitrogen and oxygen atoms in total. The highest BCUT2D eigenvalue weighted by atomic mass is 35.5. The lowest BCUT2D eigenvalue weighted by atomic mass is 10.1. The van der Waals surface area contributed by atoms with E-state index in [4.69, 9.17) is 23.2 Å². The summed E-state index contributed by atoms with van der Waals surface area (Å²) in [4.78, 5) is 23.4. The minimum atomic E-state index is -0.726. The van der Waals surface area contributed by atoms with E-state index in [1.165, 1.54) is 0 Å². The van der Waals surface area contributed by atoms with Crippen molar-refractivity contribution in [2.45, 2.75) is 18.9 Å². The number of benzene rings is 1. The maximum absolute atomic E-state index is 12.1. The Morgan fingerprint density at radius 2 is 2.06 bits per heavy atom. The second-order valence-electron chi connectivity index (χ2n) is 4.45. The van der Waals surface area contributed by atoms with Crippen molar-refractivity contribution in [2.24, 2.45) is 0 Å². The summed E-state index contributed by atoms with van der Waals surface area (Å²) < 4.78 is 1.95. The van der Waals surface area contributed by atoms with Crippen LogP contribution in [0, 0.1) is 0 Å². The van der Waals surface area contributed by atoms with E-state index in [9.17, 15) is 9.59 Å². The maximum atomic E-state index is 12.1. The fraction of sp³-hybridized carbons (Fsp3) is 0.231. The lowest BCUT2D eigenvalue weighted by Gasteiger charge is -2.11. The maximum Gasteiger partial charge on any atom is 0.257 e. The molecule has 5 heteroatoms. The molecular weight excluding hydrogens is 273 g/mol. The third kappa shape index (κ3) is 1.84. The van der Waals surface area contributed by atoms with E-state index >= 15 is 0 Å². The average Bonchev–Trinajstić information content (AvgIpc) is 3.14. The van der Waals surface area contributed by atoms with Crippen molar-refractivity contribution in [1.82, 2.24) is 4.57 Å². The predicted octanol–water partition coefficient (Wildman–Crippen LogP) is 3.37. The molecule has 1 aliphatic rings. The molecule has 0 unspecified atom stereocenters. The number of carbonyl (C=O) groups excluding carboxylic acids is 1. The lowest BCUT2D eigenvalue weighted by molar-refractivity contribution is 0.108. The Labute approximate surface area is 113 Å². The number of hydrogen-bond donors (Lipinski definition) is 0. The number of aromatic nitrogens is 1. The summed E-state index contributed by atoms with van der Waals surface area (Å²) in [5, 5.41) is 0.193. The molecule has 1 aliphatic carbocycles. The Bertz CT molecular complexity index is 717. The molecule has 3 rings (SSSR count). The van der Waals surface area contributed by atoms with Crippen LogP contribution in [0.25, 0.3) is 10.9 Å². The second-order valence-corrected chi connectivity index (χ2v) is 5.23. The SMILES string of the molecule is O=C(Cl)c1cn(C2CC2)c2ccc(Cl)cc2c1=O. The van der Waals surface area contributed by atoms with Gasteiger partial charge in [-0.2, -0.15) is 0 Å². The Balaban J connectivity index is 2.43. The van der Waals surface area contributed by atoms with Crippen molar-refractivity contribution in [3.05, 3.63) is 45.2 Å². The number of fused-ring (bicyclic) bond motifs is 1. The Morgan fingerprint density at radius 1 is 1.33 bits per heavy atom. The standard InChI is InChI=1S/C13H9Cl2NO2/c14-7-1-4-11-9(5-7)12(17)10(13(15)18)6-16(11)8-2-3-8/h1,4-6,8H,2-3H2. The van der Waals surface area contributed by atoms with Crippen LogP contribution in [0.15, 0.2) is 29.2 Å². The van der Waals surface area contributed by atoms with Crippen LogP contribution in [0.4, 0.5) is 0 Å². The number of rotatable bonds is 2. The summed E-state index contributed by atoms with van der Waals surface area (Å²) in [5.74, 6) is 0. The van der Waals surface area contributed by atoms with Gasteiger partial charge in [0.05, 0.1) is 11.1 Å². The van der Waals surface area contributed by atoms with Crippen LogP contribution in [0.2, 0.25) is 5.02 Å². The highest BCUT2D eigenvalue weighted by Gasteiger charge is 2.26. The number of carbonyl (C=O) groups is 1. The predicted molar refractivity (Wildman–Crippen MR) is 71.7 cm³/mol.